The predicted octanol–water partition coefficient (Wildman–Crippen LogP) is 5.55. The molecule has 0 atom stereocenters. The van der Waals surface area contributed by atoms with Crippen LogP contribution in [0.4, 0.5) is 11.4 Å². The van der Waals surface area contributed by atoms with Crippen molar-refractivity contribution in [2.75, 3.05) is 10.6 Å². The third-order valence-electron chi connectivity index (χ3n) is 4.86. The number of hydrogen-bond acceptors (Lipinski definition) is 3. The van der Waals surface area contributed by atoms with E-state index in [0.29, 0.717) is 21.8 Å². The number of para-hydroxylation sites is 1. The molecule has 158 valence electrons. The molecule has 0 aliphatic rings. The fourth-order valence-electron chi connectivity index (χ4n) is 3.21. The second-order valence-electron chi connectivity index (χ2n) is 7.25. The Hall–Kier alpha value is -3.44. The molecule has 0 heterocycles. The summed E-state index contributed by atoms with van der Waals surface area (Å²) in [6.45, 7) is 3.84. The molecule has 5 nitrogen and oxygen atoms in total. The zero-order chi connectivity index (χ0) is 22.4. The van der Waals surface area contributed by atoms with Gasteiger partial charge in [0, 0.05) is 34.7 Å². The fourth-order valence-corrected chi connectivity index (χ4v) is 3.38. The molecule has 6 heteroatoms. The minimum atomic E-state index is -0.360. The van der Waals surface area contributed by atoms with Crippen LogP contribution in [0.5, 0.6) is 0 Å². The molecule has 0 spiro atoms. The topological polar surface area (TPSA) is 75.3 Å². The Morgan fingerprint density at radius 1 is 0.774 bits per heavy atom. The van der Waals surface area contributed by atoms with Crippen LogP contribution in [0, 0.1) is 13.8 Å². The molecule has 0 aliphatic carbocycles. The lowest BCUT2D eigenvalue weighted by Gasteiger charge is -2.13. The summed E-state index contributed by atoms with van der Waals surface area (Å²) in [6.07, 6.45) is 0.00746. The van der Waals surface area contributed by atoms with E-state index in [2.05, 4.69) is 10.6 Å². The summed E-state index contributed by atoms with van der Waals surface area (Å²) in [6, 6.07) is 19.2. The fraction of sp³-hybridized carbons (Fsp3) is 0.160. The Labute approximate surface area is 186 Å². The van der Waals surface area contributed by atoms with Crippen LogP contribution in [0.15, 0.2) is 66.7 Å². The molecule has 0 radical (unpaired) electrons. The number of carbonyl (C=O) groups excluding carboxylic acids is 3. The number of benzene rings is 3. The van der Waals surface area contributed by atoms with Crippen molar-refractivity contribution < 1.29 is 14.4 Å². The number of carbonyl (C=O) groups is 3. The van der Waals surface area contributed by atoms with E-state index in [0.717, 1.165) is 16.8 Å². The highest BCUT2D eigenvalue weighted by Crippen LogP contribution is 2.24. The minimum absolute atomic E-state index is 0.0155. The third-order valence-corrected chi connectivity index (χ3v) is 5.10. The van der Waals surface area contributed by atoms with Gasteiger partial charge in [-0.05, 0) is 43.2 Å². The van der Waals surface area contributed by atoms with Gasteiger partial charge in [0.2, 0.25) is 11.8 Å². The van der Waals surface area contributed by atoms with Crippen LogP contribution in [0.3, 0.4) is 0 Å². The minimum Gasteiger partial charge on any atom is -0.326 e. The molecule has 0 unspecified atom stereocenters. The Kier molecular flexibility index (Phi) is 7.21. The van der Waals surface area contributed by atoms with Crippen molar-refractivity contribution in [3.8, 4) is 0 Å². The molecular weight excluding hydrogens is 412 g/mol. The number of rotatable bonds is 7. The first-order valence-corrected chi connectivity index (χ1v) is 10.3. The van der Waals surface area contributed by atoms with Crippen LogP contribution < -0.4 is 10.6 Å². The summed E-state index contributed by atoms with van der Waals surface area (Å²) < 4.78 is 0. The van der Waals surface area contributed by atoms with Crippen LogP contribution in [0.1, 0.15) is 39.9 Å². The second-order valence-corrected chi connectivity index (χ2v) is 7.68. The number of nitrogens with one attached hydrogen (secondary N) is 2. The Morgan fingerprint density at radius 2 is 1.39 bits per heavy atom. The summed E-state index contributed by atoms with van der Waals surface area (Å²) in [5, 5.41) is 5.99. The molecule has 0 aliphatic heterocycles. The molecule has 2 amide bonds. The van der Waals surface area contributed by atoms with Crippen molar-refractivity contribution in [1.82, 2.24) is 0 Å². The van der Waals surface area contributed by atoms with Gasteiger partial charge >= 0.3 is 0 Å². The molecule has 0 saturated carbocycles. The highest BCUT2D eigenvalue weighted by atomic mass is 35.5. The Balaban J connectivity index is 1.66. The smallest absolute Gasteiger partial charge is 0.224 e. The Bertz CT molecular complexity index is 1110. The molecule has 0 fully saturated rings. The highest BCUT2D eigenvalue weighted by Gasteiger charge is 2.17. The lowest BCUT2D eigenvalue weighted by atomic mass is 10.0. The first kappa shape index (κ1) is 22.2. The van der Waals surface area contributed by atoms with Crippen molar-refractivity contribution in [2.24, 2.45) is 0 Å². The first-order chi connectivity index (χ1) is 14.8. The van der Waals surface area contributed by atoms with Gasteiger partial charge in [0.1, 0.15) is 0 Å². The highest BCUT2D eigenvalue weighted by molar-refractivity contribution is 6.31. The summed E-state index contributed by atoms with van der Waals surface area (Å²) in [5.41, 5.74) is 3.84. The van der Waals surface area contributed by atoms with E-state index in [1.807, 2.05) is 38.1 Å². The van der Waals surface area contributed by atoms with Crippen LogP contribution >= 0.6 is 11.6 Å². The lowest BCUT2D eigenvalue weighted by molar-refractivity contribution is -0.121. The number of anilines is 2. The molecular formula is C25H23ClN2O3. The molecule has 3 aromatic rings. The number of amides is 2. The summed E-state index contributed by atoms with van der Waals surface area (Å²) in [4.78, 5) is 37.6. The maximum absolute atomic E-state index is 12.9. The van der Waals surface area contributed by atoms with E-state index in [9.17, 15) is 14.4 Å². The second kappa shape index (κ2) is 10.0. The van der Waals surface area contributed by atoms with Crippen molar-refractivity contribution >= 4 is 40.6 Å². The van der Waals surface area contributed by atoms with Gasteiger partial charge in [-0.2, -0.15) is 0 Å². The molecule has 3 rings (SSSR count). The molecule has 3 aromatic carbocycles. The van der Waals surface area contributed by atoms with E-state index in [4.69, 9.17) is 11.6 Å². The molecule has 31 heavy (non-hydrogen) atoms. The molecule has 0 saturated heterocycles. The van der Waals surface area contributed by atoms with Gasteiger partial charge in [0.15, 0.2) is 5.78 Å². The van der Waals surface area contributed by atoms with Crippen LogP contribution in [0.25, 0.3) is 0 Å². The normalized spacial score (nSPS) is 10.4. The SMILES string of the molecule is Cc1cccc(C)c1NC(=O)CCC(=O)Nc1ccc(Cl)cc1C(=O)c1ccccc1. The number of halogens is 1. The monoisotopic (exact) mass is 434 g/mol. The predicted molar refractivity (Wildman–Crippen MR) is 124 cm³/mol. The van der Waals surface area contributed by atoms with E-state index in [-0.39, 0.29) is 30.4 Å². The largest absolute Gasteiger partial charge is 0.326 e. The van der Waals surface area contributed by atoms with Gasteiger partial charge in [0.25, 0.3) is 0 Å². The van der Waals surface area contributed by atoms with Gasteiger partial charge in [-0.3, -0.25) is 14.4 Å². The Morgan fingerprint density at radius 3 is 2.03 bits per heavy atom. The van der Waals surface area contributed by atoms with Gasteiger partial charge in [-0.25, -0.2) is 0 Å². The molecule has 2 N–H and O–H groups in total. The molecule has 0 aromatic heterocycles. The number of hydrogen-bond donors (Lipinski definition) is 2. The van der Waals surface area contributed by atoms with Gasteiger partial charge in [-0.15, -0.1) is 0 Å². The zero-order valence-electron chi connectivity index (χ0n) is 17.4. The molecule has 0 bridgehead atoms. The van der Waals surface area contributed by atoms with Crippen LogP contribution in [-0.2, 0) is 9.59 Å². The summed E-state index contributed by atoms with van der Waals surface area (Å²) in [5.74, 6) is -0.850. The quantitative estimate of drug-likeness (QED) is 0.479. The van der Waals surface area contributed by atoms with Crippen molar-refractivity contribution in [2.45, 2.75) is 26.7 Å². The zero-order valence-corrected chi connectivity index (χ0v) is 18.1. The summed E-state index contributed by atoms with van der Waals surface area (Å²) in [7, 11) is 0. The van der Waals surface area contributed by atoms with E-state index >= 15 is 0 Å². The average Bonchev–Trinajstić information content (AvgIpc) is 2.76. The van der Waals surface area contributed by atoms with Gasteiger partial charge in [0.05, 0.1) is 5.69 Å². The third kappa shape index (κ3) is 5.80. The van der Waals surface area contributed by atoms with Crippen LogP contribution in [0.2, 0.25) is 5.02 Å². The van der Waals surface area contributed by atoms with Gasteiger partial charge < -0.3 is 10.6 Å². The van der Waals surface area contributed by atoms with Crippen molar-refractivity contribution in [1.29, 1.82) is 0 Å². The lowest BCUT2D eigenvalue weighted by Crippen LogP contribution is -2.19. The standard InChI is InChI=1S/C25H23ClN2O3/c1-16-7-6-8-17(2)24(16)28-23(30)14-13-22(29)27-21-12-11-19(26)15-20(21)25(31)18-9-4-3-5-10-18/h3-12,15H,13-14H2,1-2H3,(H,27,29)(H,28,30). The maximum Gasteiger partial charge on any atom is 0.224 e. The summed E-state index contributed by atoms with van der Waals surface area (Å²) >= 11 is 6.07. The number of ketones is 1. The first-order valence-electron chi connectivity index (χ1n) is 9.90. The van der Waals surface area contributed by atoms with E-state index in [1.54, 1.807) is 36.4 Å². The maximum atomic E-state index is 12.9. The number of aryl methyl sites for hydroxylation is 2. The van der Waals surface area contributed by atoms with Crippen molar-refractivity contribution in [3.05, 3.63) is 94.0 Å². The van der Waals surface area contributed by atoms with E-state index in [1.165, 1.54) is 6.07 Å². The van der Waals surface area contributed by atoms with Crippen LogP contribution in [-0.4, -0.2) is 17.6 Å². The van der Waals surface area contributed by atoms with Crippen molar-refractivity contribution in [3.63, 3.8) is 0 Å². The van der Waals surface area contributed by atoms with E-state index < -0.39 is 0 Å². The average molecular weight is 435 g/mol. The van der Waals surface area contributed by atoms with Gasteiger partial charge in [-0.1, -0.05) is 60.1 Å².